The molecule has 0 saturated carbocycles. The number of H-pyrrole nitrogens is 1. The maximum atomic E-state index is 14.0. The number of carbonyl (C=O) groups excluding carboxylic acids is 1. The Balaban J connectivity index is 1.75. The summed E-state index contributed by atoms with van der Waals surface area (Å²) in [6.45, 7) is 3.58. The van der Waals surface area contributed by atoms with Crippen molar-refractivity contribution >= 4 is 43.6 Å². The van der Waals surface area contributed by atoms with Gasteiger partial charge >= 0.3 is 0 Å². The van der Waals surface area contributed by atoms with Gasteiger partial charge < -0.3 is 9.72 Å². The van der Waals surface area contributed by atoms with E-state index >= 15 is 0 Å². The van der Waals surface area contributed by atoms with Crippen LogP contribution in [0.1, 0.15) is 19.0 Å². The van der Waals surface area contributed by atoms with Crippen molar-refractivity contribution in [2.45, 2.75) is 25.2 Å². The van der Waals surface area contributed by atoms with Crippen molar-refractivity contribution in [3.8, 4) is 17.0 Å². The van der Waals surface area contributed by atoms with Gasteiger partial charge in [0, 0.05) is 34.6 Å². The molecule has 0 spiro atoms. The average Bonchev–Trinajstić information content (AvgIpc) is 3.43. The molecule has 8 nitrogen and oxygen atoms in total. The van der Waals surface area contributed by atoms with Crippen LogP contribution in [0.3, 0.4) is 0 Å². The van der Waals surface area contributed by atoms with E-state index in [1.165, 1.54) is 3.97 Å². The number of nitrogens with one attached hydrogen (secondary N) is 2. The largest absolute Gasteiger partial charge is 0.497 e. The van der Waals surface area contributed by atoms with E-state index < -0.39 is 10.0 Å². The number of aromatic amines is 1. The third-order valence-corrected chi connectivity index (χ3v) is 7.71. The second kappa shape index (κ2) is 8.59. The van der Waals surface area contributed by atoms with Crippen LogP contribution in [-0.2, 0) is 14.8 Å². The highest BCUT2D eigenvalue weighted by molar-refractivity contribution is 7.90. The molecule has 2 heterocycles. The molecule has 5 rings (SSSR count). The van der Waals surface area contributed by atoms with Gasteiger partial charge in [-0.15, -0.1) is 0 Å². The molecule has 0 fully saturated rings. The third kappa shape index (κ3) is 3.83. The number of hydrogen-bond donors (Lipinski definition) is 2. The fourth-order valence-corrected chi connectivity index (χ4v) is 5.81. The van der Waals surface area contributed by atoms with Crippen molar-refractivity contribution in [3.63, 3.8) is 0 Å². The highest BCUT2D eigenvalue weighted by atomic mass is 32.2. The molecule has 0 aliphatic heterocycles. The summed E-state index contributed by atoms with van der Waals surface area (Å²) >= 11 is 0. The Morgan fingerprint density at radius 3 is 2.63 bits per heavy atom. The van der Waals surface area contributed by atoms with Crippen LogP contribution in [0.4, 0.5) is 5.95 Å². The number of nitrogens with zero attached hydrogens (tertiary/aromatic N) is 2. The summed E-state index contributed by atoms with van der Waals surface area (Å²) in [5.41, 5.74) is 2.34. The number of aromatic nitrogens is 3. The molecule has 0 unspecified atom stereocenters. The lowest BCUT2D eigenvalue weighted by Crippen LogP contribution is -2.12. The molecule has 0 saturated heterocycles. The lowest BCUT2D eigenvalue weighted by atomic mass is 10.1. The molecule has 9 heteroatoms. The monoisotopic (exact) mass is 488 g/mol. The number of benzene rings is 3. The molecule has 1 amide bonds. The molecular weight excluding hydrogens is 464 g/mol. The Morgan fingerprint density at radius 1 is 1.09 bits per heavy atom. The zero-order valence-corrected chi connectivity index (χ0v) is 20.3. The number of anilines is 1. The predicted octanol–water partition coefficient (Wildman–Crippen LogP) is 5.09. The summed E-state index contributed by atoms with van der Waals surface area (Å²) < 4.78 is 34.7. The van der Waals surface area contributed by atoms with Crippen LogP contribution in [0.25, 0.3) is 32.9 Å². The van der Waals surface area contributed by atoms with E-state index in [2.05, 4.69) is 15.3 Å². The predicted molar refractivity (Wildman–Crippen MR) is 136 cm³/mol. The minimum atomic E-state index is -3.96. The summed E-state index contributed by atoms with van der Waals surface area (Å²) in [4.78, 5) is 19.7. The summed E-state index contributed by atoms with van der Waals surface area (Å²) in [5, 5.41) is 4.87. The number of carbonyl (C=O) groups is 1. The van der Waals surface area contributed by atoms with Gasteiger partial charge in [-0.05, 0) is 36.6 Å². The van der Waals surface area contributed by atoms with Gasteiger partial charge in [0.15, 0.2) is 0 Å². The zero-order chi connectivity index (χ0) is 24.7. The van der Waals surface area contributed by atoms with E-state index in [9.17, 15) is 13.2 Å². The summed E-state index contributed by atoms with van der Waals surface area (Å²) in [6, 6.07) is 17.9. The number of amides is 1. The van der Waals surface area contributed by atoms with Crippen LogP contribution in [-0.4, -0.2) is 35.4 Å². The SMILES string of the molecule is CCC(=O)Nc1nc(-c2cn(S(=O)(=O)c3cccc4ccccc34)c3ccc(OC)cc23)c(C)[nH]1. The van der Waals surface area contributed by atoms with E-state index in [0.29, 0.717) is 51.4 Å². The molecule has 2 N–H and O–H groups in total. The maximum absolute atomic E-state index is 14.0. The molecular formula is C26H24N4O4S. The minimum absolute atomic E-state index is 0.173. The van der Waals surface area contributed by atoms with Crippen molar-refractivity contribution in [2.75, 3.05) is 12.4 Å². The van der Waals surface area contributed by atoms with Gasteiger partial charge in [-0.2, -0.15) is 0 Å². The molecule has 178 valence electrons. The summed E-state index contributed by atoms with van der Waals surface area (Å²) in [5.74, 6) is 0.727. The number of rotatable bonds is 6. The third-order valence-electron chi connectivity index (χ3n) is 5.98. The van der Waals surface area contributed by atoms with Gasteiger partial charge in [0.1, 0.15) is 5.75 Å². The highest BCUT2D eigenvalue weighted by Gasteiger charge is 2.25. The number of hydrogen-bond acceptors (Lipinski definition) is 5. The van der Waals surface area contributed by atoms with E-state index in [-0.39, 0.29) is 10.8 Å². The van der Waals surface area contributed by atoms with E-state index in [1.807, 2.05) is 31.2 Å². The van der Waals surface area contributed by atoms with Gasteiger partial charge in [-0.25, -0.2) is 17.4 Å². The first-order valence-electron chi connectivity index (χ1n) is 11.1. The van der Waals surface area contributed by atoms with E-state index in [1.54, 1.807) is 56.6 Å². The van der Waals surface area contributed by atoms with Crippen LogP contribution in [0.2, 0.25) is 0 Å². The smallest absolute Gasteiger partial charge is 0.268 e. The van der Waals surface area contributed by atoms with Crippen molar-refractivity contribution < 1.29 is 17.9 Å². The standard InChI is InChI=1S/C26H24N4O4S/c1-4-24(31)28-26-27-16(2)25(29-26)21-15-30(22-13-12-18(34-3)14-20(21)22)35(32,33)23-11-7-9-17-8-5-6-10-19(17)23/h5-15H,4H2,1-3H3,(H2,27,28,29,31). The second-order valence-corrected chi connectivity index (χ2v) is 9.95. The fourth-order valence-electron chi connectivity index (χ4n) is 4.22. The molecule has 0 atom stereocenters. The molecule has 0 aliphatic rings. The van der Waals surface area contributed by atoms with Crippen molar-refractivity contribution in [3.05, 3.63) is 72.6 Å². The van der Waals surface area contributed by atoms with Gasteiger partial charge in [0.2, 0.25) is 11.9 Å². The molecule has 0 radical (unpaired) electrons. The van der Waals surface area contributed by atoms with E-state index in [0.717, 1.165) is 5.39 Å². The number of aryl methyl sites for hydroxylation is 1. The Hall–Kier alpha value is -4.11. The zero-order valence-electron chi connectivity index (χ0n) is 19.5. The number of methoxy groups -OCH3 is 1. The topological polar surface area (TPSA) is 106 Å². The van der Waals surface area contributed by atoms with Gasteiger partial charge in [0.05, 0.1) is 23.2 Å². The number of imidazole rings is 1. The average molecular weight is 489 g/mol. The van der Waals surface area contributed by atoms with Crippen LogP contribution >= 0.6 is 0 Å². The normalized spacial score (nSPS) is 11.7. The summed E-state index contributed by atoms with van der Waals surface area (Å²) in [7, 11) is -2.40. The Bertz CT molecular complexity index is 1690. The first-order chi connectivity index (χ1) is 16.8. The van der Waals surface area contributed by atoms with Crippen LogP contribution in [0, 0.1) is 6.92 Å². The molecule has 5 aromatic rings. The van der Waals surface area contributed by atoms with E-state index in [4.69, 9.17) is 4.74 Å². The Kier molecular flexibility index (Phi) is 5.56. The summed E-state index contributed by atoms with van der Waals surface area (Å²) in [6.07, 6.45) is 1.89. The van der Waals surface area contributed by atoms with Crippen LogP contribution < -0.4 is 10.1 Å². The molecule has 35 heavy (non-hydrogen) atoms. The maximum Gasteiger partial charge on any atom is 0.268 e. The fraction of sp³-hybridized carbons (Fsp3) is 0.154. The lowest BCUT2D eigenvalue weighted by molar-refractivity contribution is -0.115. The molecule has 0 aliphatic carbocycles. The molecule has 0 bridgehead atoms. The number of fused-ring (bicyclic) bond motifs is 2. The van der Waals surface area contributed by atoms with Crippen LogP contribution in [0.15, 0.2) is 71.8 Å². The Labute approximate surface area is 202 Å². The van der Waals surface area contributed by atoms with Gasteiger partial charge in [-0.1, -0.05) is 43.3 Å². The minimum Gasteiger partial charge on any atom is -0.497 e. The second-order valence-electron chi connectivity index (χ2n) is 8.16. The highest BCUT2D eigenvalue weighted by Crippen LogP contribution is 2.37. The van der Waals surface area contributed by atoms with Crippen molar-refractivity contribution in [1.82, 2.24) is 13.9 Å². The Morgan fingerprint density at radius 2 is 1.86 bits per heavy atom. The molecule has 3 aromatic carbocycles. The van der Waals surface area contributed by atoms with Crippen molar-refractivity contribution in [1.29, 1.82) is 0 Å². The van der Waals surface area contributed by atoms with Crippen LogP contribution in [0.5, 0.6) is 5.75 Å². The first kappa shape index (κ1) is 22.7. The van der Waals surface area contributed by atoms with Gasteiger partial charge in [0.25, 0.3) is 10.0 Å². The molecule has 2 aromatic heterocycles. The first-order valence-corrected chi connectivity index (χ1v) is 12.6. The van der Waals surface area contributed by atoms with Gasteiger partial charge in [-0.3, -0.25) is 10.1 Å². The lowest BCUT2D eigenvalue weighted by Gasteiger charge is -2.10. The van der Waals surface area contributed by atoms with Crippen molar-refractivity contribution in [2.24, 2.45) is 0 Å². The quantitative estimate of drug-likeness (QED) is 0.346. The number of ether oxygens (including phenoxy) is 1.